The lowest BCUT2D eigenvalue weighted by Crippen LogP contribution is -2.32. The van der Waals surface area contributed by atoms with Gasteiger partial charge < -0.3 is 15.5 Å². The van der Waals surface area contributed by atoms with Crippen molar-refractivity contribution in [2.45, 2.75) is 25.9 Å². The van der Waals surface area contributed by atoms with Crippen LogP contribution in [0.5, 0.6) is 0 Å². The van der Waals surface area contributed by atoms with Crippen molar-refractivity contribution in [1.29, 1.82) is 0 Å². The second-order valence-electron chi connectivity index (χ2n) is 5.07. The van der Waals surface area contributed by atoms with Gasteiger partial charge in [-0.25, -0.2) is 0 Å². The number of nitrogens with one attached hydrogen (secondary N) is 2. The minimum Gasteiger partial charge on any atom is -0.313 e. The largest absolute Gasteiger partial charge is 0.313 e. The van der Waals surface area contributed by atoms with E-state index >= 15 is 0 Å². The molecule has 0 amide bonds. The van der Waals surface area contributed by atoms with Crippen LogP contribution in [0.1, 0.15) is 30.5 Å². The topological polar surface area (TPSA) is 27.3 Å². The maximum absolute atomic E-state index is 3.70. The Morgan fingerprint density at radius 1 is 1.39 bits per heavy atom. The van der Waals surface area contributed by atoms with Crippen LogP contribution in [0.15, 0.2) is 24.3 Å². The molecule has 3 nitrogen and oxygen atoms in total. The number of likely N-dealkylation sites (N-methyl/N-ethyl adjacent to an activating group) is 1. The highest BCUT2D eigenvalue weighted by Gasteiger charge is 2.17. The van der Waals surface area contributed by atoms with E-state index < -0.39 is 0 Å². The number of nitrogens with zero attached hydrogens (tertiary/aromatic N) is 1. The molecule has 0 saturated heterocycles. The third-order valence-electron chi connectivity index (χ3n) is 3.78. The van der Waals surface area contributed by atoms with Crippen molar-refractivity contribution in [3.05, 3.63) is 35.4 Å². The fourth-order valence-electron chi connectivity index (χ4n) is 2.46. The highest BCUT2D eigenvalue weighted by Crippen LogP contribution is 2.23. The maximum Gasteiger partial charge on any atom is 0.0336 e. The molecule has 2 rings (SSSR count). The lowest BCUT2D eigenvalue weighted by Gasteiger charge is -2.21. The Balaban J connectivity index is 1.95. The average molecular weight is 247 g/mol. The molecule has 1 aliphatic rings. The summed E-state index contributed by atoms with van der Waals surface area (Å²) >= 11 is 0. The number of rotatable bonds is 5. The van der Waals surface area contributed by atoms with E-state index in [2.05, 4.69) is 53.8 Å². The van der Waals surface area contributed by atoms with Crippen molar-refractivity contribution in [3.8, 4) is 0 Å². The number of benzene rings is 1. The zero-order valence-corrected chi connectivity index (χ0v) is 11.6. The van der Waals surface area contributed by atoms with Gasteiger partial charge >= 0.3 is 0 Å². The predicted molar refractivity (Wildman–Crippen MR) is 76.7 cm³/mol. The van der Waals surface area contributed by atoms with Gasteiger partial charge in [0.2, 0.25) is 0 Å². The van der Waals surface area contributed by atoms with E-state index in [1.54, 1.807) is 0 Å². The van der Waals surface area contributed by atoms with Crippen LogP contribution in [0, 0.1) is 0 Å². The normalized spacial score (nSPS) is 19.6. The van der Waals surface area contributed by atoms with Crippen LogP contribution in [0.4, 0.5) is 0 Å². The molecule has 2 N–H and O–H groups in total. The van der Waals surface area contributed by atoms with E-state index in [9.17, 15) is 0 Å². The summed E-state index contributed by atoms with van der Waals surface area (Å²) in [5.74, 6) is 0. The van der Waals surface area contributed by atoms with Crippen LogP contribution in [0.25, 0.3) is 0 Å². The fourth-order valence-corrected chi connectivity index (χ4v) is 2.46. The first-order chi connectivity index (χ1) is 8.81. The van der Waals surface area contributed by atoms with E-state index in [1.165, 1.54) is 17.5 Å². The summed E-state index contributed by atoms with van der Waals surface area (Å²) in [6, 6.07) is 9.29. The molecule has 18 heavy (non-hydrogen) atoms. The fraction of sp³-hybridized carbons (Fsp3) is 0.600. The van der Waals surface area contributed by atoms with Gasteiger partial charge in [0, 0.05) is 25.7 Å². The van der Waals surface area contributed by atoms with Crippen LogP contribution < -0.4 is 10.6 Å². The minimum atomic E-state index is 0.501. The molecule has 0 aromatic heterocycles. The van der Waals surface area contributed by atoms with Crippen molar-refractivity contribution in [2.75, 3.05) is 33.2 Å². The lowest BCUT2D eigenvalue weighted by atomic mass is 9.99. The zero-order valence-electron chi connectivity index (χ0n) is 11.6. The Morgan fingerprint density at radius 2 is 2.22 bits per heavy atom. The molecule has 0 fully saturated rings. The Morgan fingerprint density at radius 3 is 3.06 bits per heavy atom. The van der Waals surface area contributed by atoms with Gasteiger partial charge in [0.15, 0.2) is 0 Å². The van der Waals surface area contributed by atoms with Gasteiger partial charge in [0.25, 0.3) is 0 Å². The maximum atomic E-state index is 3.70. The van der Waals surface area contributed by atoms with Crippen LogP contribution in [0.3, 0.4) is 0 Å². The van der Waals surface area contributed by atoms with Crippen LogP contribution >= 0.6 is 0 Å². The summed E-state index contributed by atoms with van der Waals surface area (Å²) in [6.07, 6.45) is 1.17. The number of hydrogen-bond acceptors (Lipinski definition) is 3. The Labute approximate surface area is 111 Å². The molecular weight excluding hydrogens is 222 g/mol. The highest BCUT2D eigenvalue weighted by atomic mass is 15.1. The monoisotopic (exact) mass is 247 g/mol. The van der Waals surface area contributed by atoms with Gasteiger partial charge in [0.05, 0.1) is 0 Å². The molecule has 1 unspecified atom stereocenters. The smallest absolute Gasteiger partial charge is 0.0336 e. The molecule has 0 aliphatic carbocycles. The molecule has 1 aromatic carbocycles. The third kappa shape index (κ3) is 3.55. The van der Waals surface area contributed by atoms with Crippen molar-refractivity contribution in [2.24, 2.45) is 0 Å². The van der Waals surface area contributed by atoms with Crippen molar-refractivity contribution in [1.82, 2.24) is 15.5 Å². The first-order valence-corrected chi connectivity index (χ1v) is 7.01. The van der Waals surface area contributed by atoms with Gasteiger partial charge in [0.1, 0.15) is 0 Å². The molecule has 0 saturated carbocycles. The molecular formula is C15H25N3. The Hall–Kier alpha value is -0.900. The molecule has 0 radical (unpaired) electrons. The quantitative estimate of drug-likeness (QED) is 0.830. The lowest BCUT2D eigenvalue weighted by molar-refractivity contribution is 0.337. The first kappa shape index (κ1) is 13.5. The molecule has 1 aliphatic heterocycles. The van der Waals surface area contributed by atoms with Gasteiger partial charge in [-0.1, -0.05) is 31.2 Å². The Bertz CT molecular complexity index is 365. The first-order valence-electron chi connectivity index (χ1n) is 7.01. The van der Waals surface area contributed by atoms with Gasteiger partial charge in [-0.15, -0.1) is 0 Å². The van der Waals surface area contributed by atoms with E-state index in [1.807, 2.05) is 0 Å². The third-order valence-corrected chi connectivity index (χ3v) is 3.78. The van der Waals surface area contributed by atoms with E-state index in [0.717, 1.165) is 32.7 Å². The van der Waals surface area contributed by atoms with Crippen LogP contribution in [-0.2, 0) is 6.54 Å². The standard InChI is InChI=1S/C15H25N3/c1-3-18(2)11-10-17-15-8-9-16-12-13-6-4-5-7-14(13)15/h4-7,15-17H,3,8-12H2,1-2H3. The minimum absolute atomic E-state index is 0.501. The van der Waals surface area contributed by atoms with Gasteiger partial charge in [-0.05, 0) is 37.7 Å². The summed E-state index contributed by atoms with van der Waals surface area (Å²) in [4.78, 5) is 2.34. The summed E-state index contributed by atoms with van der Waals surface area (Å²) in [6.45, 7) is 7.58. The van der Waals surface area contributed by atoms with Gasteiger partial charge in [-0.3, -0.25) is 0 Å². The van der Waals surface area contributed by atoms with Crippen molar-refractivity contribution in [3.63, 3.8) is 0 Å². The van der Waals surface area contributed by atoms with Crippen LogP contribution in [0.2, 0.25) is 0 Å². The van der Waals surface area contributed by atoms with Crippen molar-refractivity contribution >= 4 is 0 Å². The molecule has 0 spiro atoms. The molecule has 1 aromatic rings. The summed E-state index contributed by atoms with van der Waals surface area (Å²) in [7, 11) is 2.17. The molecule has 3 heteroatoms. The summed E-state index contributed by atoms with van der Waals surface area (Å²) < 4.78 is 0. The molecule has 100 valence electrons. The number of hydrogen-bond donors (Lipinski definition) is 2. The number of fused-ring (bicyclic) bond motifs is 1. The van der Waals surface area contributed by atoms with E-state index in [-0.39, 0.29) is 0 Å². The molecule has 0 bridgehead atoms. The second kappa shape index (κ2) is 6.88. The average Bonchev–Trinajstić information content (AvgIpc) is 2.61. The van der Waals surface area contributed by atoms with E-state index in [0.29, 0.717) is 6.04 Å². The zero-order chi connectivity index (χ0) is 12.8. The van der Waals surface area contributed by atoms with E-state index in [4.69, 9.17) is 0 Å². The summed E-state index contributed by atoms with van der Waals surface area (Å²) in [5, 5.41) is 7.19. The second-order valence-corrected chi connectivity index (χ2v) is 5.07. The highest BCUT2D eigenvalue weighted by molar-refractivity contribution is 5.30. The van der Waals surface area contributed by atoms with Gasteiger partial charge in [-0.2, -0.15) is 0 Å². The Kier molecular flexibility index (Phi) is 5.17. The van der Waals surface area contributed by atoms with Crippen LogP contribution in [-0.4, -0.2) is 38.1 Å². The SMILES string of the molecule is CCN(C)CCNC1CCNCc2ccccc21. The van der Waals surface area contributed by atoms with Crippen molar-refractivity contribution < 1.29 is 0 Å². The molecule has 1 heterocycles. The summed E-state index contributed by atoms with van der Waals surface area (Å²) in [5.41, 5.74) is 2.91. The predicted octanol–water partition coefficient (Wildman–Crippen LogP) is 1.76. The molecule has 1 atom stereocenters.